The van der Waals surface area contributed by atoms with Gasteiger partial charge in [-0.3, -0.25) is 4.72 Å². The highest BCUT2D eigenvalue weighted by atomic mass is 32.2. The average Bonchev–Trinajstić information content (AvgIpc) is 2.77. The molecule has 0 unspecified atom stereocenters. The van der Waals surface area contributed by atoms with Gasteiger partial charge in [0.15, 0.2) is 5.03 Å². The lowest BCUT2D eigenvalue weighted by molar-refractivity contribution is 0.597. The Morgan fingerprint density at radius 2 is 2.05 bits per heavy atom. The molecule has 0 fully saturated rings. The Morgan fingerprint density at radius 1 is 1.33 bits per heavy atom. The van der Waals surface area contributed by atoms with E-state index in [9.17, 15) is 8.42 Å². The number of rotatable bonds is 5. The van der Waals surface area contributed by atoms with Gasteiger partial charge in [-0.05, 0) is 38.0 Å². The molecular weight excluding hydrogens is 288 g/mol. The number of hydrogen-bond donors (Lipinski definition) is 2. The predicted octanol–water partition coefficient (Wildman–Crippen LogP) is 2.29. The first-order chi connectivity index (χ1) is 9.83. The number of nitrogens with one attached hydrogen (secondary N) is 1. The van der Waals surface area contributed by atoms with Gasteiger partial charge in [-0.1, -0.05) is 13.0 Å². The molecule has 0 spiro atoms. The third-order valence-corrected chi connectivity index (χ3v) is 4.38. The smallest absolute Gasteiger partial charge is 0.281 e. The lowest BCUT2D eigenvalue weighted by Gasteiger charge is -2.09. The summed E-state index contributed by atoms with van der Waals surface area (Å²) in [5.74, 6) is 0.675. The van der Waals surface area contributed by atoms with Crippen LogP contribution in [0.1, 0.15) is 24.7 Å². The molecule has 0 saturated carbocycles. The minimum absolute atomic E-state index is 0.00866. The van der Waals surface area contributed by atoms with Crippen LogP contribution in [0.2, 0.25) is 0 Å². The standard InChI is InChI=1S/C14H20N4O2S/c1-4-7-18-9-14(16-11(18)3)21(19,20)17-13-8-10(2)5-6-12(13)15/h5-6,8-9,17H,4,7,15H2,1-3H3. The van der Waals surface area contributed by atoms with Crippen molar-refractivity contribution in [3.05, 3.63) is 35.8 Å². The number of anilines is 2. The molecule has 0 atom stereocenters. The highest BCUT2D eigenvalue weighted by Crippen LogP contribution is 2.23. The monoisotopic (exact) mass is 308 g/mol. The first-order valence-corrected chi connectivity index (χ1v) is 8.24. The van der Waals surface area contributed by atoms with Crippen molar-refractivity contribution >= 4 is 21.4 Å². The zero-order valence-electron chi connectivity index (χ0n) is 12.4. The van der Waals surface area contributed by atoms with Gasteiger partial charge >= 0.3 is 0 Å². The largest absolute Gasteiger partial charge is 0.397 e. The van der Waals surface area contributed by atoms with E-state index in [1.165, 1.54) is 0 Å². The van der Waals surface area contributed by atoms with Gasteiger partial charge in [0, 0.05) is 12.7 Å². The van der Waals surface area contributed by atoms with Gasteiger partial charge in [0.25, 0.3) is 10.0 Å². The molecule has 1 aromatic heterocycles. The number of nitrogens with zero attached hydrogens (tertiary/aromatic N) is 2. The summed E-state index contributed by atoms with van der Waals surface area (Å²) in [5.41, 5.74) is 7.49. The Labute approximate surface area is 125 Å². The van der Waals surface area contributed by atoms with Gasteiger partial charge in [-0.2, -0.15) is 8.42 Å². The van der Waals surface area contributed by atoms with Crippen LogP contribution in [0.5, 0.6) is 0 Å². The quantitative estimate of drug-likeness (QED) is 0.829. The molecule has 0 amide bonds. The molecule has 0 aliphatic heterocycles. The highest BCUT2D eigenvalue weighted by Gasteiger charge is 2.20. The van der Waals surface area contributed by atoms with Crippen LogP contribution in [0, 0.1) is 13.8 Å². The maximum Gasteiger partial charge on any atom is 0.281 e. The molecule has 21 heavy (non-hydrogen) atoms. The summed E-state index contributed by atoms with van der Waals surface area (Å²) < 4.78 is 29.1. The molecule has 114 valence electrons. The number of nitrogen functional groups attached to an aromatic ring is 1. The molecule has 7 heteroatoms. The van der Waals surface area contributed by atoms with Crippen LogP contribution in [0.3, 0.4) is 0 Å². The van der Waals surface area contributed by atoms with E-state index in [1.807, 2.05) is 24.5 Å². The van der Waals surface area contributed by atoms with Crippen molar-refractivity contribution in [2.45, 2.75) is 38.8 Å². The van der Waals surface area contributed by atoms with Gasteiger partial charge in [0.1, 0.15) is 5.82 Å². The fourth-order valence-electron chi connectivity index (χ4n) is 2.03. The van der Waals surface area contributed by atoms with Crippen LogP contribution in [-0.4, -0.2) is 18.0 Å². The fourth-order valence-corrected chi connectivity index (χ4v) is 3.12. The van der Waals surface area contributed by atoms with E-state index >= 15 is 0 Å². The Hall–Kier alpha value is -2.02. The first-order valence-electron chi connectivity index (χ1n) is 6.76. The van der Waals surface area contributed by atoms with Crippen LogP contribution in [0.15, 0.2) is 29.4 Å². The van der Waals surface area contributed by atoms with E-state index in [0.717, 1.165) is 18.5 Å². The summed E-state index contributed by atoms with van der Waals surface area (Å²) in [6, 6.07) is 5.20. The van der Waals surface area contributed by atoms with E-state index in [4.69, 9.17) is 5.73 Å². The lowest BCUT2D eigenvalue weighted by Crippen LogP contribution is -2.14. The predicted molar refractivity (Wildman–Crippen MR) is 83.7 cm³/mol. The molecule has 2 rings (SSSR count). The lowest BCUT2D eigenvalue weighted by atomic mass is 10.2. The van der Waals surface area contributed by atoms with Crippen molar-refractivity contribution in [2.24, 2.45) is 0 Å². The van der Waals surface area contributed by atoms with Crippen LogP contribution in [0.25, 0.3) is 0 Å². The second kappa shape index (κ2) is 5.77. The topological polar surface area (TPSA) is 90.0 Å². The summed E-state index contributed by atoms with van der Waals surface area (Å²) in [6.45, 7) is 6.42. The second-order valence-corrected chi connectivity index (χ2v) is 6.65. The molecular formula is C14H20N4O2S. The molecule has 0 bridgehead atoms. The minimum atomic E-state index is -3.73. The minimum Gasteiger partial charge on any atom is -0.397 e. The summed E-state index contributed by atoms with van der Waals surface area (Å²) in [7, 11) is -3.73. The summed E-state index contributed by atoms with van der Waals surface area (Å²) >= 11 is 0. The van der Waals surface area contributed by atoms with E-state index in [-0.39, 0.29) is 5.03 Å². The third kappa shape index (κ3) is 3.36. The van der Waals surface area contributed by atoms with Gasteiger partial charge < -0.3 is 10.3 Å². The molecule has 6 nitrogen and oxygen atoms in total. The van der Waals surface area contributed by atoms with E-state index in [1.54, 1.807) is 25.3 Å². The molecule has 0 aliphatic rings. The Morgan fingerprint density at radius 3 is 2.71 bits per heavy atom. The zero-order chi connectivity index (χ0) is 15.6. The summed E-state index contributed by atoms with van der Waals surface area (Å²) in [5, 5.41) is 0.00866. The number of aromatic nitrogens is 2. The Balaban J connectivity index is 2.34. The molecule has 0 aliphatic carbocycles. The van der Waals surface area contributed by atoms with Crippen molar-refractivity contribution in [1.29, 1.82) is 0 Å². The number of benzene rings is 1. The van der Waals surface area contributed by atoms with E-state index in [2.05, 4.69) is 9.71 Å². The van der Waals surface area contributed by atoms with Crippen molar-refractivity contribution in [3.8, 4) is 0 Å². The molecule has 1 aromatic carbocycles. The van der Waals surface area contributed by atoms with E-state index in [0.29, 0.717) is 17.2 Å². The molecule has 0 saturated heterocycles. The number of nitrogens with two attached hydrogens (primary N) is 1. The van der Waals surface area contributed by atoms with Crippen LogP contribution >= 0.6 is 0 Å². The van der Waals surface area contributed by atoms with Gasteiger partial charge in [-0.25, -0.2) is 4.98 Å². The van der Waals surface area contributed by atoms with E-state index < -0.39 is 10.0 Å². The van der Waals surface area contributed by atoms with Gasteiger partial charge in [0.05, 0.1) is 11.4 Å². The maximum absolute atomic E-state index is 12.4. The van der Waals surface area contributed by atoms with Crippen molar-refractivity contribution in [1.82, 2.24) is 9.55 Å². The van der Waals surface area contributed by atoms with Crippen LogP contribution < -0.4 is 10.5 Å². The molecule has 3 N–H and O–H groups in total. The Kier molecular flexibility index (Phi) is 4.22. The number of sulfonamides is 1. The third-order valence-electron chi connectivity index (χ3n) is 3.15. The van der Waals surface area contributed by atoms with Crippen LogP contribution in [0.4, 0.5) is 11.4 Å². The summed E-state index contributed by atoms with van der Waals surface area (Å²) in [6.07, 6.45) is 2.46. The summed E-state index contributed by atoms with van der Waals surface area (Å²) in [4.78, 5) is 4.12. The second-order valence-electron chi connectivity index (χ2n) is 5.02. The normalized spacial score (nSPS) is 11.6. The average molecular weight is 308 g/mol. The fraction of sp³-hybridized carbons (Fsp3) is 0.357. The number of hydrogen-bond acceptors (Lipinski definition) is 4. The SMILES string of the molecule is CCCn1cc(S(=O)(=O)Nc2cc(C)ccc2N)nc1C. The van der Waals surface area contributed by atoms with Crippen molar-refractivity contribution in [2.75, 3.05) is 10.5 Å². The van der Waals surface area contributed by atoms with Crippen molar-refractivity contribution in [3.63, 3.8) is 0 Å². The van der Waals surface area contributed by atoms with Crippen LogP contribution in [-0.2, 0) is 16.6 Å². The van der Waals surface area contributed by atoms with Gasteiger partial charge in [0.2, 0.25) is 0 Å². The van der Waals surface area contributed by atoms with Crippen molar-refractivity contribution < 1.29 is 8.42 Å². The Bertz CT molecular complexity index is 750. The zero-order valence-corrected chi connectivity index (χ0v) is 13.2. The first kappa shape index (κ1) is 15.4. The highest BCUT2D eigenvalue weighted by molar-refractivity contribution is 7.92. The molecule has 2 aromatic rings. The number of aryl methyl sites for hydroxylation is 3. The van der Waals surface area contributed by atoms with Gasteiger partial charge in [-0.15, -0.1) is 0 Å². The number of imidazole rings is 1. The molecule has 0 radical (unpaired) electrons. The molecule has 1 heterocycles. The maximum atomic E-state index is 12.4.